The van der Waals surface area contributed by atoms with Crippen LogP contribution in [-0.2, 0) is 9.30 Å². The highest BCUT2D eigenvalue weighted by molar-refractivity contribution is 7.23. The maximum Gasteiger partial charge on any atom is 0.195 e. The fourth-order valence-electron chi connectivity index (χ4n) is 2.54. The van der Waals surface area contributed by atoms with E-state index in [-0.39, 0.29) is 5.78 Å². The van der Waals surface area contributed by atoms with Crippen LogP contribution in [-0.4, -0.2) is 30.3 Å². The molecule has 2 aromatic carbocycles. The first kappa shape index (κ1) is 30.1. The highest BCUT2D eigenvalue weighted by Crippen LogP contribution is 2.17. The van der Waals surface area contributed by atoms with Gasteiger partial charge in [-0.15, -0.1) is 0 Å². The van der Waals surface area contributed by atoms with Crippen molar-refractivity contribution >= 4 is 14.2 Å². The number of hydrogen-bond donors (Lipinski definition) is 1. The zero-order valence-corrected chi connectivity index (χ0v) is 21.1. The van der Waals surface area contributed by atoms with Gasteiger partial charge in [0.1, 0.15) is 6.10 Å². The van der Waals surface area contributed by atoms with Gasteiger partial charge in [0, 0.05) is 24.9 Å². The first-order valence-electron chi connectivity index (χ1n) is 11.7. The third-order valence-electron chi connectivity index (χ3n) is 4.37. The summed E-state index contributed by atoms with van der Waals surface area (Å²) in [5, 5.41) is 9.89. The van der Waals surface area contributed by atoms with Crippen LogP contribution in [0.2, 0.25) is 0 Å². The molecule has 2 aromatic rings. The molecule has 32 heavy (non-hydrogen) atoms. The number of ketones is 1. The molecule has 0 radical (unpaired) electrons. The number of hydrogen-bond acceptors (Lipinski definition) is 4. The maximum atomic E-state index is 11.9. The van der Waals surface area contributed by atoms with Crippen LogP contribution in [0.1, 0.15) is 81.8 Å². The lowest BCUT2D eigenvalue weighted by molar-refractivity contribution is 0.0747. The number of aliphatic hydroxyl groups is 1. The first-order chi connectivity index (χ1) is 15.5. The van der Waals surface area contributed by atoms with Gasteiger partial charge >= 0.3 is 0 Å². The lowest BCUT2D eigenvalue weighted by Crippen LogP contribution is -2.11. The van der Waals surface area contributed by atoms with E-state index in [0.717, 1.165) is 25.8 Å². The standard InChI is InChI=1S/C14H12O2.C8H18O.C5H11OP/c15-13(11-7-3-1-4-8-11)14(16)12-9-5-2-6-10-12;1-4-5-6-9-7-8(2)3;1-2-3-4-5-7-6/h1-10,13,15H;8H,4-7H2,1-3H3;2-5H2,1H3. The van der Waals surface area contributed by atoms with Gasteiger partial charge in [-0.2, -0.15) is 0 Å². The molecular formula is C27H41O4P. The summed E-state index contributed by atoms with van der Waals surface area (Å²) in [6.07, 6.45) is 5.74. The Bertz CT molecular complexity index is 689. The summed E-state index contributed by atoms with van der Waals surface area (Å²) in [5.74, 6) is 0.411. The molecule has 0 heterocycles. The molecule has 1 N–H and O–H groups in total. The number of ether oxygens (including phenoxy) is 1. The summed E-state index contributed by atoms with van der Waals surface area (Å²) in [4.78, 5) is 11.9. The van der Waals surface area contributed by atoms with Crippen molar-refractivity contribution in [2.24, 2.45) is 5.92 Å². The van der Waals surface area contributed by atoms with E-state index in [2.05, 4.69) is 27.7 Å². The van der Waals surface area contributed by atoms with Gasteiger partial charge in [-0.25, -0.2) is 0 Å². The topological polar surface area (TPSA) is 63.6 Å². The molecular weight excluding hydrogens is 419 g/mol. The van der Waals surface area contributed by atoms with E-state index < -0.39 is 6.10 Å². The third-order valence-corrected chi connectivity index (χ3v) is 4.87. The molecule has 0 aromatic heterocycles. The van der Waals surface area contributed by atoms with Crippen LogP contribution in [0.25, 0.3) is 0 Å². The lowest BCUT2D eigenvalue weighted by atomic mass is 10.0. The highest BCUT2D eigenvalue weighted by Gasteiger charge is 2.18. The van der Waals surface area contributed by atoms with Crippen LogP contribution in [0.15, 0.2) is 60.7 Å². The molecule has 0 saturated heterocycles. The van der Waals surface area contributed by atoms with Gasteiger partial charge in [-0.05, 0) is 24.3 Å². The second-order valence-electron chi connectivity index (χ2n) is 7.93. The quantitative estimate of drug-likeness (QED) is 0.202. The summed E-state index contributed by atoms with van der Waals surface area (Å²) in [6, 6.07) is 17.7. The fraction of sp³-hybridized carbons (Fsp3) is 0.519. The Morgan fingerprint density at radius 3 is 1.97 bits per heavy atom. The Hall–Kier alpha value is -1.87. The molecule has 2 rings (SSSR count). The molecule has 178 valence electrons. The summed E-state index contributed by atoms with van der Waals surface area (Å²) in [5.41, 5.74) is 1.15. The monoisotopic (exact) mass is 460 g/mol. The minimum absolute atomic E-state index is 0.271. The molecule has 1 unspecified atom stereocenters. The van der Waals surface area contributed by atoms with Crippen molar-refractivity contribution in [2.45, 2.75) is 65.9 Å². The number of Topliss-reactive ketones (excluding diaryl/α,β-unsaturated/α-hetero) is 1. The number of carbonyl (C=O) groups is 1. The van der Waals surface area contributed by atoms with Gasteiger partial charge in [-0.1, -0.05) is 108 Å². The van der Waals surface area contributed by atoms with Crippen LogP contribution in [0.5, 0.6) is 0 Å². The Balaban J connectivity index is 0.000000512. The van der Waals surface area contributed by atoms with Gasteiger partial charge in [-0.3, -0.25) is 9.36 Å². The average molecular weight is 461 g/mol. The Morgan fingerprint density at radius 1 is 0.906 bits per heavy atom. The number of unbranched alkanes of at least 4 members (excludes halogenated alkanes) is 3. The summed E-state index contributed by atoms with van der Waals surface area (Å²) in [6.45, 7) is 10.5. The van der Waals surface area contributed by atoms with E-state index in [1.54, 1.807) is 48.5 Å². The van der Waals surface area contributed by atoms with E-state index in [0.29, 0.717) is 25.5 Å². The minimum atomic E-state index is -1.08. The van der Waals surface area contributed by atoms with Crippen LogP contribution >= 0.6 is 8.46 Å². The Kier molecular flexibility index (Phi) is 19.8. The molecule has 0 aliphatic carbocycles. The average Bonchev–Trinajstić information content (AvgIpc) is 2.83. The van der Waals surface area contributed by atoms with Gasteiger partial charge < -0.3 is 9.84 Å². The number of rotatable bonds is 12. The molecule has 0 fully saturated rings. The van der Waals surface area contributed by atoms with Crippen molar-refractivity contribution in [3.63, 3.8) is 0 Å². The zero-order chi connectivity index (χ0) is 24.0. The summed E-state index contributed by atoms with van der Waals surface area (Å²) >= 11 is 0. The SMILES string of the molecule is CCCCCP=O.CCCCOCC(C)C.O=C(c1ccccc1)C(O)c1ccccc1. The van der Waals surface area contributed by atoms with E-state index in [1.165, 1.54) is 25.7 Å². The van der Waals surface area contributed by atoms with Crippen molar-refractivity contribution in [2.75, 3.05) is 19.4 Å². The summed E-state index contributed by atoms with van der Waals surface area (Å²) < 4.78 is 15.1. The first-order valence-corrected chi connectivity index (χ1v) is 12.7. The molecule has 5 heteroatoms. The van der Waals surface area contributed by atoms with E-state index >= 15 is 0 Å². The van der Waals surface area contributed by atoms with Crippen LogP contribution in [0, 0.1) is 5.92 Å². The van der Waals surface area contributed by atoms with Gasteiger partial charge in [0.2, 0.25) is 0 Å². The largest absolute Gasteiger partial charge is 0.381 e. The van der Waals surface area contributed by atoms with Crippen molar-refractivity contribution in [1.29, 1.82) is 0 Å². The molecule has 0 spiro atoms. The molecule has 0 aliphatic heterocycles. The van der Waals surface area contributed by atoms with Crippen molar-refractivity contribution in [3.8, 4) is 0 Å². The molecule has 0 bridgehead atoms. The Morgan fingerprint density at radius 2 is 1.47 bits per heavy atom. The van der Waals surface area contributed by atoms with Crippen molar-refractivity contribution in [3.05, 3.63) is 71.8 Å². The second kappa shape index (κ2) is 21.0. The number of benzene rings is 2. The molecule has 4 nitrogen and oxygen atoms in total. The fourth-order valence-corrected chi connectivity index (χ4v) is 2.89. The number of carbonyl (C=O) groups excluding carboxylic acids is 1. The smallest absolute Gasteiger partial charge is 0.195 e. The predicted molar refractivity (Wildman–Crippen MR) is 135 cm³/mol. The van der Waals surface area contributed by atoms with E-state index in [9.17, 15) is 14.5 Å². The zero-order valence-electron chi connectivity index (χ0n) is 20.2. The van der Waals surface area contributed by atoms with Crippen LogP contribution in [0.4, 0.5) is 0 Å². The van der Waals surface area contributed by atoms with Gasteiger partial charge in [0.05, 0.1) is 0 Å². The molecule has 1 atom stereocenters. The van der Waals surface area contributed by atoms with Gasteiger partial charge in [0.25, 0.3) is 0 Å². The molecule has 0 saturated carbocycles. The van der Waals surface area contributed by atoms with Gasteiger partial charge in [0.15, 0.2) is 14.2 Å². The van der Waals surface area contributed by atoms with Crippen LogP contribution in [0.3, 0.4) is 0 Å². The minimum Gasteiger partial charge on any atom is -0.381 e. The predicted octanol–water partition coefficient (Wildman–Crippen LogP) is 7.53. The van der Waals surface area contributed by atoms with Crippen LogP contribution < -0.4 is 0 Å². The molecule has 0 amide bonds. The normalized spacial score (nSPS) is 11.2. The highest BCUT2D eigenvalue weighted by atomic mass is 31.1. The summed E-state index contributed by atoms with van der Waals surface area (Å²) in [7, 11) is 0.305. The van der Waals surface area contributed by atoms with E-state index in [1.807, 2.05) is 12.1 Å². The maximum absolute atomic E-state index is 11.9. The Labute approximate surface area is 196 Å². The second-order valence-corrected chi connectivity index (χ2v) is 8.63. The third kappa shape index (κ3) is 15.9. The van der Waals surface area contributed by atoms with Crippen molar-refractivity contribution in [1.82, 2.24) is 0 Å². The molecule has 0 aliphatic rings. The lowest BCUT2D eigenvalue weighted by Gasteiger charge is -2.09. The van der Waals surface area contributed by atoms with E-state index in [4.69, 9.17) is 4.74 Å². The van der Waals surface area contributed by atoms with Crippen molar-refractivity contribution < 1.29 is 19.2 Å². The number of aliphatic hydroxyl groups excluding tert-OH is 1.